The van der Waals surface area contributed by atoms with E-state index in [-0.39, 0.29) is 5.69 Å². The number of nitrogens with one attached hydrogen (secondary N) is 1. The lowest BCUT2D eigenvalue weighted by atomic mass is 10.2. The molecule has 0 radical (unpaired) electrons. The summed E-state index contributed by atoms with van der Waals surface area (Å²) >= 11 is 3.24. The second-order valence-electron chi connectivity index (χ2n) is 3.88. The van der Waals surface area contributed by atoms with Crippen LogP contribution in [-0.2, 0) is 6.54 Å². The van der Waals surface area contributed by atoms with Gasteiger partial charge in [-0.3, -0.25) is 10.1 Å². The number of nitrogens with zero attached hydrogens (tertiary/aromatic N) is 2. The molecule has 1 aromatic carbocycles. The lowest BCUT2D eigenvalue weighted by Gasteiger charge is -1.98. The van der Waals surface area contributed by atoms with Gasteiger partial charge in [0.15, 0.2) is 0 Å². The Labute approximate surface area is 118 Å². The quantitative estimate of drug-likeness (QED) is 0.674. The molecule has 0 amide bonds. The first-order valence-corrected chi connectivity index (χ1v) is 6.50. The first kappa shape index (κ1) is 13.7. The molecule has 6 nitrogen and oxygen atoms in total. The number of hydrogen-bond donors (Lipinski definition) is 1. The molecule has 0 saturated heterocycles. The van der Waals surface area contributed by atoms with Crippen LogP contribution in [0.25, 0.3) is 11.5 Å². The maximum absolute atomic E-state index is 10.8. The van der Waals surface area contributed by atoms with Crippen molar-refractivity contribution in [3.8, 4) is 11.5 Å². The van der Waals surface area contributed by atoms with Crippen molar-refractivity contribution in [1.82, 2.24) is 10.3 Å². The van der Waals surface area contributed by atoms with Crippen LogP contribution < -0.4 is 5.32 Å². The summed E-state index contributed by atoms with van der Waals surface area (Å²) in [5.41, 5.74) is 1.33. The topological polar surface area (TPSA) is 81.2 Å². The maximum Gasteiger partial charge on any atom is 0.271 e. The molecule has 0 aliphatic rings. The Kier molecular flexibility index (Phi) is 4.28. The standard InChI is InChI=1S/C12H12BrN3O3/c1-2-14-6-10-7-19-12(15-10)8-3-9(13)5-11(4-8)16(17)18/h3-5,7,14H,2,6H2,1H3. The average molecular weight is 326 g/mol. The molecule has 100 valence electrons. The minimum absolute atomic E-state index is 0.00388. The van der Waals surface area contributed by atoms with Gasteiger partial charge in [-0.1, -0.05) is 22.9 Å². The Morgan fingerprint density at radius 1 is 1.47 bits per heavy atom. The fourth-order valence-electron chi connectivity index (χ4n) is 1.58. The molecule has 2 aromatic rings. The SMILES string of the molecule is CCNCc1coc(-c2cc(Br)cc([N+](=O)[O-])c2)n1. The predicted molar refractivity (Wildman–Crippen MR) is 73.7 cm³/mol. The summed E-state index contributed by atoms with van der Waals surface area (Å²) in [6, 6.07) is 4.61. The minimum atomic E-state index is -0.448. The summed E-state index contributed by atoms with van der Waals surface area (Å²) in [5, 5.41) is 13.9. The Morgan fingerprint density at radius 2 is 2.26 bits per heavy atom. The number of oxazole rings is 1. The highest BCUT2D eigenvalue weighted by molar-refractivity contribution is 9.10. The number of rotatable bonds is 5. The molecule has 2 rings (SSSR count). The number of halogens is 1. The van der Waals surface area contributed by atoms with Gasteiger partial charge in [-0.05, 0) is 12.6 Å². The monoisotopic (exact) mass is 325 g/mol. The molecular formula is C12H12BrN3O3. The van der Waals surface area contributed by atoms with Gasteiger partial charge in [-0.15, -0.1) is 0 Å². The van der Waals surface area contributed by atoms with Gasteiger partial charge in [0.2, 0.25) is 5.89 Å². The van der Waals surface area contributed by atoms with Crippen molar-refractivity contribution in [2.75, 3.05) is 6.54 Å². The summed E-state index contributed by atoms with van der Waals surface area (Å²) < 4.78 is 5.96. The van der Waals surface area contributed by atoms with Crippen LogP contribution in [0.5, 0.6) is 0 Å². The molecule has 19 heavy (non-hydrogen) atoms. The Morgan fingerprint density at radius 3 is 2.95 bits per heavy atom. The van der Waals surface area contributed by atoms with E-state index in [1.807, 2.05) is 6.92 Å². The van der Waals surface area contributed by atoms with E-state index in [2.05, 4.69) is 26.2 Å². The van der Waals surface area contributed by atoms with E-state index in [1.165, 1.54) is 12.1 Å². The molecule has 0 spiro atoms. The smallest absolute Gasteiger partial charge is 0.271 e. The lowest BCUT2D eigenvalue weighted by Crippen LogP contribution is -2.11. The van der Waals surface area contributed by atoms with Gasteiger partial charge in [0.05, 0.1) is 10.6 Å². The Balaban J connectivity index is 2.30. The maximum atomic E-state index is 10.8. The van der Waals surface area contributed by atoms with Crippen molar-refractivity contribution < 1.29 is 9.34 Å². The third-order valence-electron chi connectivity index (χ3n) is 2.45. The molecule has 0 saturated carbocycles. The van der Waals surface area contributed by atoms with Crippen molar-refractivity contribution in [3.05, 3.63) is 44.7 Å². The molecule has 0 fully saturated rings. The summed E-state index contributed by atoms with van der Waals surface area (Å²) in [6.45, 7) is 3.44. The third-order valence-corrected chi connectivity index (χ3v) is 2.91. The van der Waals surface area contributed by atoms with Gasteiger partial charge in [0, 0.05) is 28.7 Å². The zero-order valence-electron chi connectivity index (χ0n) is 10.2. The highest BCUT2D eigenvalue weighted by Crippen LogP contribution is 2.28. The highest BCUT2D eigenvalue weighted by atomic mass is 79.9. The number of aromatic nitrogens is 1. The third kappa shape index (κ3) is 3.39. The van der Waals surface area contributed by atoms with E-state index in [0.717, 1.165) is 12.2 Å². The van der Waals surface area contributed by atoms with Gasteiger partial charge in [-0.2, -0.15) is 0 Å². The van der Waals surface area contributed by atoms with Gasteiger partial charge < -0.3 is 9.73 Å². The molecule has 0 aliphatic carbocycles. The largest absolute Gasteiger partial charge is 0.444 e. The normalized spacial score (nSPS) is 10.6. The van der Waals surface area contributed by atoms with E-state index in [0.29, 0.717) is 22.5 Å². The Bertz CT molecular complexity index is 598. The van der Waals surface area contributed by atoms with Crippen molar-refractivity contribution in [1.29, 1.82) is 0 Å². The molecule has 0 unspecified atom stereocenters. The molecule has 7 heteroatoms. The number of benzene rings is 1. The van der Waals surface area contributed by atoms with E-state index in [9.17, 15) is 10.1 Å². The predicted octanol–water partition coefficient (Wildman–Crippen LogP) is 3.12. The molecule has 0 bridgehead atoms. The minimum Gasteiger partial charge on any atom is -0.444 e. The summed E-state index contributed by atoms with van der Waals surface area (Å²) in [6.07, 6.45) is 1.55. The molecule has 0 atom stereocenters. The van der Waals surface area contributed by atoms with Gasteiger partial charge in [0.1, 0.15) is 6.26 Å². The number of nitro benzene ring substituents is 1. The zero-order chi connectivity index (χ0) is 13.8. The van der Waals surface area contributed by atoms with E-state index >= 15 is 0 Å². The summed E-state index contributed by atoms with van der Waals surface area (Å²) in [4.78, 5) is 14.6. The average Bonchev–Trinajstić information content (AvgIpc) is 2.84. The number of non-ortho nitro benzene ring substituents is 1. The van der Waals surface area contributed by atoms with Crippen LogP contribution in [0, 0.1) is 10.1 Å². The number of nitro groups is 1. The van der Waals surface area contributed by atoms with E-state index in [1.54, 1.807) is 12.3 Å². The van der Waals surface area contributed by atoms with Crippen LogP contribution in [0.1, 0.15) is 12.6 Å². The van der Waals surface area contributed by atoms with Crippen molar-refractivity contribution in [3.63, 3.8) is 0 Å². The van der Waals surface area contributed by atoms with Crippen LogP contribution in [0.4, 0.5) is 5.69 Å². The van der Waals surface area contributed by atoms with Crippen molar-refractivity contribution in [2.24, 2.45) is 0 Å². The highest BCUT2D eigenvalue weighted by Gasteiger charge is 2.13. The fraction of sp³-hybridized carbons (Fsp3) is 0.250. The molecule has 0 aliphatic heterocycles. The Hall–Kier alpha value is -1.73. The van der Waals surface area contributed by atoms with Crippen LogP contribution in [0.15, 0.2) is 33.4 Å². The van der Waals surface area contributed by atoms with Crippen molar-refractivity contribution in [2.45, 2.75) is 13.5 Å². The molecule has 1 N–H and O–H groups in total. The molecular weight excluding hydrogens is 314 g/mol. The fourth-order valence-corrected chi connectivity index (χ4v) is 2.06. The zero-order valence-corrected chi connectivity index (χ0v) is 11.8. The second-order valence-corrected chi connectivity index (χ2v) is 4.80. The number of hydrogen-bond acceptors (Lipinski definition) is 5. The molecule has 1 heterocycles. The lowest BCUT2D eigenvalue weighted by molar-refractivity contribution is -0.384. The van der Waals surface area contributed by atoms with Gasteiger partial charge in [0.25, 0.3) is 5.69 Å². The van der Waals surface area contributed by atoms with Gasteiger partial charge in [-0.25, -0.2) is 4.98 Å². The van der Waals surface area contributed by atoms with Crippen LogP contribution >= 0.6 is 15.9 Å². The summed E-state index contributed by atoms with van der Waals surface area (Å²) in [5.74, 6) is 0.373. The summed E-state index contributed by atoms with van der Waals surface area (Å²) in [7, 11) is 0. The van der Waals surface area contributed by atoms with Gasteiger partial charge >= 0.3 is 0 Å². The second kappa shape index (κ2) is 5.94. The van der Waals surface area contributed by atoms with E-state index in [4.69, 9.17) is 4.42 Å². The van der Waals surface area contributed by atoms with E-state index < -0.39 is 4.92 Å². The first-order valence-electron chi connectivity index (χ1n) is 5.70. The van der Waals surface area contributed by atoms with Crippen LogP contribution in [-0.4, -0.2) is 16.5 Å². The van der Waals surface area contributed by atoms with Crippen LogP contribution in [0.2, 0.25) is 0 Å². The first-order chi connectivity index (χ1) is 9.10. The molecule has 1 aromatic heterocycles. The van der Waals surface area contributed by atoms with Crippen molar-refractivity contribution >= 4 is 21.6 Å². The van der Waals surface area contributed by atoms with Crippen LogP contribution in [0.3, 0.4) is 0 Å².